The summed E-state index contributed by atoms with van der Waals surface area (Å²) < 4.78 is 0. The van der Waals surface area contributed by atoms with E-state index in [1.165, 1.54) is 43.4 Å². The van der Waals surface area contributed by atoms with Crippen LogP contribution in [0.25, 0.3) is 0 Å². The van der Waals surface area contributed by atoms with Crippen molar-refractivity contribution in [3.63, 3.8) is 0 Å². The Morgan fingerprint density at radius 2 is 1.81 bits per heavy atom. The first-order valence-electron chi connectivity index (χ1n) is 6.54. The highest BCUT2D eigenvalue weighted by molar-refractivity contribution is 5.36. The van der Waals surface area contributed by atoms with Crippen LogP contribution in [0, 0.1) is 19.8 Å². The fourth-order valence-corrected chi connectivity index (χ4v) is 3.41. The molecule has 1 aromatic rings. The first kappa shape index (κ1) is 10.3. The summed E-state index contributed by atoms with van der Waals surface area (Å²) in [6, 6.07) is 7.06. The third kappa shape index (κ3) is 1.58. The van der Waals surface area contributed by atoms with Crippen LogP contribution in [0.5, 0.6) is 0 Å². The number of benzene rings is 1. The maximum absolute atomic E-state index is 3.80. The van der Waals surface area contributed by atoms with Crippen LogP contribution >= 0.6 is 0 Å². The third-order valence-electron chi connectivity index (χ3n) is 4.20. The van der Waals surface area contributed by atoms with E-state index in [1.807, 2.05) is 0 Å². The lowest BCUT2D eigenvalue weighted by Gasteiger charge is -2.31. The van der Waals surface area contributed by atoms with E-state index in [4.69, 9.17) is 0 Å². The second kappa shape index (κ2) is 3.59. The van der Waals surface area contributed by atoms with Gasteiger partial charge in [0.15, 0.2) is 0 Å². The average molecular weight is 215 g/mol. The van der Waals surface area contributed by atoms with Crippen molar-refractivity contribution in [1.29, 1.82) is 0 Å². The minimum atomic E-state index is 0.330. The molecule has 0 aromatic heterocycles. The van der Waals surface area contributed by atoms with E-state index in [2.05, 4.69) is 37.4 Å². The van der Waals surface area contributed by atoms with Crippen molar-refractivity contribution in [3.8, 4) is 0 Å². The van der Waals surface area contributed by atoms with Crippen molar-refractivity contribution in [2.75, 3.05) is 6.54 Å². The van der Waals surface area contributed by atoms with E-state index in [0.717, 1.165) is 5.92 Å². The van der Waals surface area contributed by atoms with Gasteiger partial charge >= 0.3 is 0 Å². The zero-order valence-electron chi connectivity index (χ0n) is 10.3. The van der Waals surface area contributed by atoms with Gasteiger partial charge in [0.05, 0.1) is 0 Å². The summed E-state index contributed by atoms with van der Waals surface area (Å²) in [5.41, 5.74) is 4.69. The topological polar surface area (TPSA) is 12.0 Å². The van der Waals surface area contributed by atoms with Crippen molar-refractivity contribution in [3.05, 3.63) is 34.9 Å². The Morgan fingerprint density at radius 1 is 1.12 bits per heavy atom. The molecule has 1 aromatic carbocycles. The molecule has 2 aliphatic rings. The number of aryl methyl sites for hydroxylation is 2. The molecule has 86 valence electrons. The van der Waals surface area contributed by atoms with Crippen molar-refractivity contribution in [2.45, 2.75) is 45.1 Å². The number of hydrogen-bond donors (Lipinski definition) is 1. The van der Waals surface area contributed by atoms with Crippen molar-refractivity contribution < 1.29 is 0 Å². The highest BCUT2D eigenvalue weighted by Gasteiger charge is 2.47. The molecule has 1 saturated carbocycles. The molecular weight excluding hydrogens is 194 g/mol. The Hall–Kier alpha value is -0.820. The largest absolute Gasteiger partial charge is 0.307 e. The monoisotopic (exact) mass is 215 g/mol. The molecule has 1 heterocycles. The third-order valence-corrected chi connectivity index (χ3v) is 4.20. The molecule has 1 N–H and O–H groups in total. The van der Waals surface area contributed by atoms with E-state index >= 15 is 0 Å². The van der Waals surface area contributed by atoms with E-state index in [0.29, 0.717) is 5.54 Å². The van der Waals surface area contributed by atoms with Crippen LogP contribution in [0.2, 0.25) is 0 Å². The summed E-state index contributed by atoms with van der Waals surface area (Å²) in [7, 11) is 0. The zero-order chi connectivity index (χ0) is 11.2. The quantitative estimate of drug-likeness (QED) is 0.798. The van der Waals surface area contributed by atoms with Gasteiger partial charge in [-0.3, -0.25) is 0 Å². The fraction of sp³-hybridized carbons (Fsp3) is 0.600. The van der Waals surface area contributed by atoms with Crippen molar-refractivity contribution >= 4 is 0 Å². The van der Waals surface area contributed by atoms with Gasteiger partial charge in [0.1, 0.15) is 0 Å². The molecule has 3 rings (SSSR count). The minimum absolute atomic E-state index is 0.330. The molecule has 1 nitrogen and oxygen atoms in total. The highest BCUT2D eigenvalue weighted by atomic mass is 15.0. The molecule has 0 amide bonds. The zero-order valence-corrected chi connectivity index (χ0v) is 10.3. The molecule has 1 heteroatoms. The standard InChI is InChI=1S/C15H21N/c1-11-8-12(2)10-14(9-11)15(13-4-5-13)6-3-7-16-15/h8-10,13,16H,3-7H2,1-2H3. The molecule has 1 aliphatic carbocycles. The van der Waals surface area contributed by atoms with Crippen LogP contribution in [0.15, 0.2) is 18.2 Å². The summed E-state index contributed by atoms with van der Waals surface area (Å²) in [4.78, 5) is 0. The van der Waals surface area contributed by atoms with Gasteiger partial charge in [0.25, 0.3) is 0 Å². The smallest absolute Gasteiger partial charge is 0.0463 e. The second-order valence-corrected chi connectivity index (χ2v) is 5.65. The molecule has 1 saturated heterocycles. The molecule has 1 aliphatic heterocycles. The second-order valence-electron chi connectivity index (χ2n) is 5.65. The van der Waals surface area contributed by atoms with Gasteiger partial charge < -0.3 is 5.32 Å². The first-order valence-corrected chi connectivity index (χ1v) is 6.54. The van der Waals surface area contributed by atoms with Crippen molar-refractivity contribution in [2.24, 2.45) is 5.92 Å². The van der Waals surface area contributed by atoms with E-state index in [-0.39, 0.29) is 0 Å². The Bertz CT molecular complexity index is 378. The maximum Gasteiger partial charge on any atom is 0.0463 e. The molecule has 1 atom stereocenters. The fourth-order valence-electron chi connectivity index (χ4n) is 3.41. The number of rotatable bonds is 2. The summed E-state index contributed by atoms with van der Waals surface area (Å²) in [5.74, 6) is 0.899. The Labute approximate surface area is 98.3 Å². The SMILES string of the molecule is Cc1cc(C)cc(C2(C3CC3)CCCN2)c1. The lowest BCUT2D eigenvalue weighted by Crippen LogP contribution is -2.39. The van der Waals surface area contributed by atoms with Crippen LogP contribution in [0.4, 0.5) is 0 Å². The lowest BCUT2D eigenvalue weighted by molar-refractivity contribution is 0.336. The van der Waals surface area contributed by atoms with Gasteiger partial charge in [-0.1, -0.05) is 29.3 Å². The Kier molecular flexibility index (Phi) is 2.32. The molecule has 0 spiro atoms. The summed E-state index contributed by atoms with van der Waals surface area (Å²) >= 11 is 0. The van der Waals surface area contributed by atoms with E-state index < -0.39 is 0 Å². The molecular formula is C15H21N. The van der Waals surface area contributed by atoms with Crippen LogP contribution in [0.1, 0.15) is 42.4 Å². The number of hydrogen-bond acceptors (Lipinski definition) is 1. The van der Waals surface area contributed by atoms with E-state index in [9.17, 15) is 0 Å². The van der Waals surface area contributed by atoms with Gasteiger partial charge in [0.2, 0.25) is 0 Å². The summed E-state index contributed by atoms with van der Waals surface area (Å²) in [6.45, 7) is 5.63. The van der Waals surface area contributed by atoms with Crippen LogP contribution in [-0.4, -0.2) is 6.54 Å². The van der Waals surface area contributed by atoms with Crippen LogP contribution in [0.3, 0.4) is 0 Å². The summed E-state index contributed by atoms with van der Waals surface area (Å²) in [5, 5.41) is 3.80. The molecule has 0 bridgehead atoms. The minimum Gasteiger partial charge on any atom is -0.307 e. The normalized spacial score (nSPS) is 29.6. The molecule has 0 radical (unpaired) electrons. The van der Waals surface area contributed by atoms with Crippen LogP contribution in [-0.2, 0) is 5.54 Å². The van der Waals surface area contributed by atoms with Gasteiger partial charge in [-0.2, -0.15) is 0 Å². The predicted molar refractivity (Wildman–Crippen MR) is 67.6 cm³/mol. The molecule has 1 unspecified atom stereocenters. The average Bonchev–Trinajstić information content (AvgIpc) is 2.96. The Balaban J connectivity index is 2.05. The number of nitrogens with one attached hydrogen (secondary N) is 1. The maximum atomic E-state index is 3.80. The Morgan fingerprint density at radius 3 is 2.31 bits per heavy atom. The van der Waals surface area contributed by atoms with Crippen molar-refractivity contribution in [1.82, 2.24) is 5.32 Å². The molecule has 16 heavy (non-hydrogen) atoms. The summed E-state index contributed by atoms with van der Waals surface area (Å²) in [6.07, 6.45) is 5.50. The van der Waals surface area contributed by atoms with Gasteiger partial charge in [-0.05, 0) is 57.6 Å². The first-order chi connectivity index (χ1) is 7.71. The van der Waals surface area contributed by atoms with Gasteiger partial charge in [0, 0.05) is 5.54 Å². The van der Waals surface area contributed by atoms with Gasteiger partial charge in [-0.25, -0.2) is 0 Å². The van der Waals surface area contributed by atoms with E-state index in [1.54, 1.807) is 5.56 Å². The van der Waals surface area contributed by atoms with Crippen LogP contribution < -0.4 is 5.32 Å². The van der Waals surface area contributed by atoms with Gasteiger partial charge in [-0.15, -0.1) is 0 Å². The highest BCUT2D eigenvalue weighted by Crippen LogP contribution is 2.50. The molecule has 2 fully saturated rings. The predicted octanol–water partition coefficient (Wildman–Crippen LogP) is 3.29. The lowest BCUT2D eigenvalue weighted by atomic mass is 9.82.